The molecule has 3 rings (SSSR count). The summed E-state index contributed by atoms with van der Waals surface area (Å²) >= 11 is 1.72. The van der Waals surface area contributed by atoms with Crippen LogP contribution >= 0.6 is 11.3 Å². The van der Waals surface area contributed by atoms with Gasteiger partial charge in [0.15, 0.2) is 0 Å². The summed E-state index contributed by atoms with van der Waals surface area (Å²) in [6.45, 7) is 0.399. The van der Waals surface area contributed by atoms with Gasteiger partial charge in [-0.25, -0.2) is 0 Å². The SMILES string of the molecule is O=C(NCC1(O)CCCCC1)c1csc2c1CCCC2. The zero-order valence-corrected chi connectivity index (χ0v) is 12.7. The zero-order valence-electron chi connectivity index (χ0n) is 11.9. The average molecular weight is 293 g/mol. The quantitative estimate of drug-likeness (QED) is 0.900. The molecule has 1 fully saturated rings. The number of rotatable bonds is 3. The first-order chi connectivity index (χ1) is 9.68. The molecule has 1 heterocycles. The Bertz CT molecular complexity index is 489. The van der Waals surface area contributed by atoms with Crippen LogP contribution in [0.1, 0.15) is 65.7 Å². The highest BCUT2D eigenvalue weighted by molar-refractivity contribution is 7.10. The molecule has 20 heavy (non-hydrogen) atoms. The van der Waals surface area contributed by atoms with Gasteiger partial charge in [0.05, 0.1) is 11.2 Å². The molecular formula is C16H23NO2S. The van der Waals surface area contributed by atoms with Gasteiger partial charge in [-0.2, -0.15) is 0 Å². The van der Waals surface area contributed by atoms with Gasteiger partial charge in [-0.15, -0.1) is 11.3 Å². The van der Waals surface area contributed by atoms with Gasteiger partial charge in [0.25, 0.3) is 5.91 Å². The van der Waals surface area contributed by atoms with Gasteiger partial charge in [-0.05, 0) is 44.1 Å². The molecule has 2 aliphatic rings. The predicted molar refractivity (Wildman–Crippen MR) is 81.3 cm³/mol. The number of aliphatic hydroxyl groups is 1. The van der Waals surface area contributed by atoms with Crippen LogP contribution in [0.3, 0.4) is 0 Å². The normalized spacial score (nSPS) is 21.2. The first kappa shape index (κ1) is 14.1. The largest absolute Gasteiger partial charge is 0.388 e. The highest BCUT2D eigenvalue weighted by atomic mass is 32.1. The van der Waals surface area contributed by atoms with Gasteiger partial charge in [0, 0.05) is 16.8 Å². The van der Waals surface area contributed by atoms with Crippen molar-refractivity contribution in [3.63, 3.8) is 0 Å². The lowest BCUT2D eigenvalue weighted by Crippen LogP contribution is -2.44. The fourth-order valence-corrected chi connectivity index (χ4v) is 4.54. The van der Waals surface area contributed by atoms with Crippen molar-refractivity contribution >= 4 is 17.2 Å². The molecule has 1 amide bonds. The molecule has 1 aromatic rings. The third kappa shape index (κ3) is 2.91. The van der Waals surface area contributed by atoms with E-state index >= 15 is 0 Å². The molecular weight excluding hydrogens is 270 g/mol. The molecule has 0 aromatic carbocycles. The van der Waals surface area contributed by atoms with E-state index in [-0.39, 0.29) is 5.91 Å². The summed E-state index contributed by atoms with van der Waals surface area (Å²) in [4.78, 5) is 13.7. The Kier molecular flexibility index (Phi) is 4.13. The van der Waals surface area contributed by atoms with E-state index in [1.165, 1.54) is 29.7 Å². The monoisotopic (exact) mass is 293 g/mol. The van der Waals surface area contributed by atoms with Crippen LogP contribution in [-0.2, 0) is 12.8 Å². The number of carbonyl (C=O) groups is 1. The Labute approximate surface area is 124 Å². The third-order valence-corrected chi connectivity index (χ3v) is 5.76. The Morgan fingerprint density at radius 1 is 1.20 bits per heavy atom. The molecule has 1 aromatic heterocycles. The van der Waals surface area contributed by atoms with Crippen LogP contribution in [0.4, 0.5) is 0 Å². The lowest BCUT2D eigenvalue weighted by molar-refractivity contribution is 0.00525. The molecule has 4 heteroatoms. The van der Waals surface area contributed by atoms with Gasteiger partial charge >= 0.3 is 0 Å². The van der Waals surface area contributed by atoms with Gasteiger partial charge in [0.1, 0.15) is 0 Å². The van der Waals surface area contributed by atoms with Crippen LogP contribution in [0, 0.1) is 0 Å². The molecule has 0 unspecified atom stereocenters. The molecule has 1 saturated carbocycles. The minimum absolute atomic E-state index is 0.00315. The summed E-state index contributed by atoms with van der Waals surface area (Å²) in [7, 11) is 0. The number of hydrogen-bond donors (Lipinski definition) is 2. The molecule has 0 atom stereocenters. The van der Waals surface area contributed by atoms with E-state index < -0.39 is 5.60 Å². The van der Waals surface area contributed by atoms with Crippen molar-refractivity contribution in [2.24, 2.45) is 0 Å². The van der Waals surface area contributed by atoms with Crippen molar-refractivity contribution in [1.82, 2.24) is 5.32 Å². The predicted octanol–water partition coefficient (Wildman–Crippen LogP) is 3.05. The first-order valence-electron chi connectivity index (χ1n) is 7.78. The van der Waals surface area contributed by atoms with Crippen molar-refractivity contribution in [1.29, 1.82) is 0 Å². The Hall–Kier alpha value is -0.870. The minimum atomic E-state index is -0.677. The topological polar surface area (TPSA) is 49.3 Å². The van der Waals surface area contributed by atoms with Gasteiger partial charge in [-0.1, -0.05) is 19.3 Å². The highest BCUT2D eigenvalue weighted by Gasteiger charge is 2.30. The molecule has 3 nitrogen and oxygen atoms in total. The van der Waals surface area contributed by atoms with Crippen LogP contribution in [0.25, 0.3) is 0 Å². The van der Waals surface area contributed by atoms with E-state index in [9.17, 15) is 9.90 Å². The van der Waals surface area contributed by atoms with E-state index in [0.29, 0.717) is 6.54 Å². The molecule has 0 saturated heterocycles. The number of thiophene rings is 1. The van der Waals surface area contributed by atoms with Crippen LogP contribution in [-0.4, -0.2) is 23.2 Å². The number of fused-ring (bicyclic) bond motifs is 1. The maximum Gasteiger partial charge on any atom is 0.252 e. The number of aryl methyl sites for hydroxylation is 1. The van der Waals surface area contributed by atoms with Gasteiger partial charge in [-0.3, -0.25) is 4.79 Å². The van der Waals surface area contributed by atoms with Gasteiger partial charge in [0.2, 0.25) is 0 Å². The Balaban J connectivity index is 1.63. The van der Waals surface area contributed by atoms with Crippen LogP contribution in [0.2, 0.25) is 0 Å². The fourth-order valence-electron chi connectivity index (χ4n) is 3.41. The first-order valence-corrected chi connectivity index (χ1v) is 8.66. The summed E-state index contributed by atoms with van der Waals surface area (Å²) in [5, 5.41) is 15.4. The van der Waals surface area contributed by atoms with Gasteiger partial charge < -0.3 is 10.4 Å². The number of nitrogens with one attached hydrogen (secondary N) is 1. The Morgan fingerprint density at radius 3 is 2.75 bits per heavy atom. The maximum atomic E-state index is 12.3. The maximum absolute atomic E-state index is 12.3. The highest BCUT2D eigenvalue weighted by Crippen LogP contribution is 2.31. The van der Waals surface area contributed by atoms with Crippen LogP contribution in [0.15, 0.2) is 5.38 Å². The van der Waals surface area contributed by atoms with E-state index in [1.54, 1.807) is 11.3 Å². The molecule has 0 spiro atoms. The molecule has 2 aliphatic carbocycles. The third-order valence-electron chi connectivity index (χ3n) is 4.67. The van der Waals surface area contributed by atoms with Crippen molar-refractivity contribution in [3.8, 4) is 0 Å². The van der Waals surface area contributed by atoms with Crippen molar-refractivity contribution in [2.75, 3.05) is 6.54 Å². The van der Waals surface area contributed by atoms with Crippen molar-refractivity contribution < 1.29 is 9.90 Å². The minimum Gasteiger partial charge on any atom is -0.388 e. The van der Waals surface area contributed by atoms with E-state index in [1.807, 2.05) is 5.38 Å². The molecule has 0 bridgehead atoms. The summed E-state index contributed by atoms with van der Waals surface area (Å²) in [6, 6.07) is 0. The van der Waals surface area contributed by atoms with Crippen molar-refractivity contribution in [3.05, 3.63) is 21.4 Å². The fraction of sp³-hybridized carbons (Fsp3) is 0.688. The second-order valence-electron chi connectivity index (χ2n) is 6.23. The van der Waals surface area contributed by atoms with Crippen LogP contribution in [0.5, 0.6) is 0 Å². The smallest absolute Gasteiger partial charge is 0.252 e. The number of amides is 1. The standard InChI is InChI=1S/C16H23NO2S/c18-15(17-11-16(19)8-4-1-5-9-16)13-10-20-14-7-3-2-6-12(13)14/h10,19H,1-9,11H2,(H,17,18). The van der Waals surface area contributed by atoms with E-state index in [2.05, 4.69) is 5.32 Å². The summed E-state index contributed by atoms with van der Waals surface area (Å²) in [6.07, 6.45) is 9.56. The molecule has 0 aliphatic heterocycles. The molecule has 110 valence electrons. The summed E-state index contributed by atoms with van der Waals surface area (Å²) < 4.78 is 0. The second kappa shape index (κ2) is 5.86. The lowest BCUT2D eigenvalue weighted by atomic mass is 9.85. The van der Waals surface area contributed by atoms with E-state index in [4.69, 9.17) is 0 Å². The zero-order chi connectivity index (χ0) is 14.0. The average Bonchev–Trinajstić information content (AvgIpc) is 2.90. The Morgan fingerprint density at radius 2 is 1.95 bits per heavy atom. The van der Waals surface area contributed by atoms with E-state index in [0.717, 1.165) is 44.1 Å². The van der Waals surface area contributed by atoms with Crippen LogP contribution < -0.4 is 5.32 Å². The van der Waals surface area contributed by atoms with Crippen molar-refractivity contribution in [2.45, 2.75) is 63.4 Å². The number of carbonyl (C=O) groups excluding carboxylic acids is 1. The number of hydrogen-bond acceptors (Lipinski definition) is 3. The summed E-state index contributed by atoms with van der Waals surface area (Å²) in [5.74, 6) is 0.00315. The summed E-state index contributed by atoms with van der Waals surface area (Å²) in [5.41, 5.74) is 1.43. The lowest BCUT2D eigenvalue weighted by Gasteiger charge is -2.32. The second-order valence-corrected chi connectivity index (χ2v) is 7.19. The molecule has 0 radical (unpaired) electrons. The molecule has 2 N–H and O–H groups in total.